The standard InChI is InChI=1S/C9H14N2O4S/c1-3-10-6-11-9(12)7-4-5-8(15-7)16(2,13)14/h4-5,10H,3,6H2,1-2H3,(H,11,12). The van der Waals surface area contributed by atoms with Gasteiger partial charge in [0.05, 0.1) is 6.67 Å². The number of hydrogen-bond donors (Lipinski definition) is 2. The van der Waals surface area contributed by atoms with E-state index in [1.54, 1.807) is 0 Å². The fourth-order valence-corrected chi connectivity index (χ4v) is 1.55. The maximum Gasteiger partial charge on any atom is 0.288 e. The second kappa shape index (κ2) is 5.13. The number of carbonyl (C=O) groups excluding carboxylic acids is 1. The zero-order valence-electron chi connectivity index (χ0n) is 9.11. The van der Waals surface area contributed by atoms with E-state index in [4.69, 9.17) is 4.42 Å². The van der Waals surface area contributed by atoms with Crippen molar-refractivity contribution in [2.24, 2.45) is 0 Å². The zero-order chi connectivity index (χ0) is 12.2. The van der Waals surface area contributed by atoms with Crippen LogP contribution in [0.2, 0.25) is 0 Å². The Kier molecular flexibility index (Phi) is 4.08. The van der Waals surface area contributed by atoms with Crippen LogP contribution in [0.4, 0.5) is 0 Å². The molecule has 0 fully saturated rings. The molecule has 0 spiro atoms. The van der Waals surface area contributed by atoms with E-state index >= 15 is 0 Å². The van der Waals surface area contributed by atoms with Gasteiger partial charge in [-0.15, -0.1) is 0 Å². The van der Waals surface area contributed by atoms with Gasteiger partial charge in [0.1, 0.15) is 0 Å². The van der Waals surface area contributed by atoms with E-state index in [9.17, 15) is 13.2 Å². The summed E-state index contributed by atoms with van der Waals surface area (Å²) in [6.07, 6.45) is 1.02. The molecule has 0 atom stereocenters. The summed E-state index contributed by atoms with van der Waals surface area (Å²) in [6, 6.07) is 2.59. The van der Waals surface area contributed by atoms with Crippen LogP contribution < -0.4 is 10.6 Å². The van der Waals surface area contributed by atoms with Crippen LogP contribution >= 0.6 is 0 Å². The number of sulfone groups is 1. The van der Waals surface area contributed by atoms with E-state index in [2.05, 4.69) is 10.6 Å². The Hall–Kier alpha value is -1.34. The summed E-state index contributed by atoms with van der Waals surface area (Å²) in [7, 11) is -3.40. The van der Waals surface area contributed by atoms with Crippen LogP contribution in [0.25, 0.3) is 0 Å². The summed E-state index contributed by atoms with van der Waals surface area (Å²) in [5, 5.41) is 5.21. The Bertz CT molecular complexity index is 464. The van der Waals surface area contributed by atoms with Gasteiger partial charge in [-0.05, 0) is 18.7 Å². The third-order valence-electron chi connectivity index (χ3n) is 1.79. The molecule has 90 valence electrons. The van der Waals surface area contributed by atoms with E-state index < -0.39 is 15.7 Å². The fraction of sp³-hybridized carbons (Fsp3) is 0.444. The summed E-state index contributed by atoms with van der Waals surface area (Å²) < 4.78 is 27.1. The lowest BCUT2D eigenvalue weighted by Gasteiger charge is -2.02. The van der Waals surface area contributed by atoms with Crippen LogP contribution in [-0.4, -0.2) is 33.8 Å². The number of carbonyl (C=O) groups is 1. The van der Waals surface area contributed by atoms with Gasteiger partial charge in [-0.2, -0.15) is 0 Å². The second-order valence-electron chi connectivity index (χ2n) is 3.18. The number of amides is 1. The average Bonchev–Trinajstić information content (AvgIpc) is 2.66. The SMILES string of the molecule is CCNCNC(=O)c1ccc(S(C)(=O)=O)o1. The van der Waals surface area contributed by atoms with Gasteiger partial charge in [0.15, 0.2) is 5.76 Å². The topological polar surface area (TPSA) is 88.4 Å². The molecule has 2 N–H and O–H groups in total. The molecule has 0 aromatic carbocycles. The Labute approximate surface area is 93.9 Å². The molecule has 0 bridgehead atoms. The van der Waals surface area contributed by atoms with Crippen LogP contribution in [0, 0.1) is 0 Å². The van der Waals surface area contributed by atoms with Crippen molar-refractivity contribution in [1.82, 2.24) is 10.6 Å². The number of rotatable bonds is 5. The molecule has 7 heteroatoms. The van der Waals surface area contributed by atoms with Crippen molar-refractivity contribution in [2.45, 2.75) is 12.0 Å². The average molecular weight is 246 g/mol. The molecule has 0 saturated heterocycles. The van der Waals surface area contributed by atoms with E-state index in [1.165, 1.54) is 12.1 Å². The quantitative estimate of drug-likeness (QED) is 0.563. The third kappa shape index (κ3) is 3.35. The lowest BCUT2D eigenvalue weighted by atomic mass is 10.4. The maximum absolute atomic E-state index is 11.4. The molecule has 16 heavy (non-hydrogen) atoms. The molecule has 1 heterocycles. The van der Waals surface area contributed by atoms with Crippen molar-refractivity contribution >= 4 is 15.7 Å². The van der Waals surface area contributed by atoms with Gasteiger partial charge in [-0.1, -0.05) is 6.92 Å². The van der Waals surface area contributed by atoms with E-state index in [-0.39, 0.29) is 10.9 Å². The van der Waals surface area contributed by atoms with Crippen molar-refractivity contribution in [2.75, 3.05) is 19.5 Å². The first-order valence-corrected chi connectivity index (χ1v) is 6.63. The van der Waals surface area contributed by atoms with Gasteiger partial charge in [0.25, 0.3) is 5.91 Å². The van der Waals surface area contributed by atoms with Crippen LogP contribution in [0.1, 0.15) is 17.5 Å². The number of furan rings is 1. The molecule has 1 aromatic rings. The van der Waals surface area contributed by atoms with Gasteiger partial charge in [0, 0.05) is 6.26 Å². The molecule has 0 saturated carbocycles. The first-order chi connectivity index (χ1) is 7.45. The first-order valence-electron chi connectivity index (χ1n) is 4.74. The van der Waals surface area contributed by atoms with Gasteiger partial charge < -0.3 is 15.1 Å². The molecule has 1 amide bonds. The minimum atomic E-state index is -3.40. The van der Waals surface area contributed by atoms with Crippen molar-refractivity contribution in [3.8, 4) is 0 Å². The van der Waals surface area contributed by atoms with Crippen LogP contribution in [0.15, 0.2) is 21.6 Å². The Balaban J connectivity index is 2.68. The summed E-state index contributed by atoms with van der Waals surface area (Å²) in [4.78, 5) is 11.4. The van der Waals surface area contributed by atoms with Crippen LogP contribution in [0.5, 0.6) is 0 Å². The molecular formula is C9H14N2O4S. The lowest BCUT2D eigenvalue weighted by molar-refractivity contribution is 0.0918. The Morgan fingerprint density at radius 2 is 2.12 bits per heavy atom. The summed E-state index contributed by atoms with van der Waals surface area (Å²) in [5.74, 6) is -0.464. The largest absolute Gasteiger partial charge is 0.440 e. The van der Waals surface area contributed by atoms with Crippen molar-refractivity contribution in [3.05, 3.63) is 17.9 Å². The predicted molar refractivity (Wildman–Crippen MR) is 57.8 cm³/mol. The molecule has 0 aliphatic rings. The molecule has 1 aromatic heterocycles. The highest BCUT2D eigenvalue weighted by molar-refractivity contribution is 7.90. The number of hydrogen-bond acceptors (Lipinski definition) is 5. The van der Waals surface area contributed by atoms with E-state index in [0.29, 0.717) is 6.67 Å². The summed E-state index contributed by atoms with van der Waals surface area (Å²) in [5.41, 5.74) is 0. The van der Waals surface area contributed by atoms with Crippen molar-refractivity contribution in [3.63, 3.8) is 0 Å². The fourth-order valence-electron chi connectivity index (χ4n) is 0.996. The minimum Gasteiger partial charge on any atom is -0.440 e. The third-order valence-corrected chi connectivity index (χ3v) is 2.74. The van der Waals surface area contributed by atoms with Gasteiger partial charge in [-0.25, -0.2) is 8.42 Å². The molecule has 0 aliphatic heterocycles. The van der Waals surface area contributed by atoms with Gasteiger partial charge in [-0.3, -0.25) is 4.79 Å². The van der Waals surface area contributed by atoms with Crippen LogP contribution in [-0.2, 0) is 9.84 Å². The lowest BCUT2D eigenvalue weighted by Crippen LogP contribution is -2.33. The highest BCUT2D eigenvalue weighted by atomic mass is 32.2. The summed E-state index contributed by atoms with van der Waals surface area (Å²) in [6.45, 7) is 2.94. The first kappa shape index (κ1) is 12.7. The summed E-state index contributed by atoms with van der Waals surface area (Å²) >= 11 is 0. The van der Waals surface area contributed by atoms with Crippen LogP contribution in [0.3, 0.4) is 0 Å². The molecular weight excluding hydrogens is 232 g/mol. The van der Waals surface area contributed by atoms with Crippen molar-refractivity contribution < 1.29 is 17.6 Å². The zero-order valence-corrected chi connectivity index (χ0v) is 9.93. The predicted octanol–water partition coefficient (Wildman–Crippen LogP) is -0.0201. The Morgan fingerprint density at radius 1 is 1.44 bits per heavy atom. The van der Waals surface area contributed by atoms with Gasteiger partial charge in [0.2, 0.25) is 14.9 Å². The molecule has 0 radical (unpaired) electrons. The molecule has 1 rings (SSSR count). The maximum atomic E-state index is 11.4. The molecule has 0 aliphatic carbocycles. The van der Waals surface area contributed by atoms with E-state index in [1.807, 2.05) is 6.92 Å². The van der Waals surface area contributed by atoms with Gasteiger partial charge >= 0.3 is 0 Å². The second-order valence-corrected chi connectivity index (χ2v) is 5.12. The normalized spacial score (nSPS) is 11.4. The van der Waals surface area contributed by atoms with E-state index in [0.717, 1.165) is 12.8 Å². The number of nitrogens with one attached hydrogen (secondary N) is 2. The molecule has 0 unspecified atom stereocenters. The Morgan fingerprint density at radius 3 is 2.62 bits per heavy atom. The minimum absolute atomic E-state index is 0.0154. The monoisotopic (exact) mass is 246 g/mol. The smallest absolute Gasteiger partial charge is 0.288 e. The highest BCUT2D eigenvalue weighted by Gasteiger charge is 2.16. The molecule has 6 nitrogen and oxygen atoms in total. The highest BCUT2D eigenvalue weighted by Crippen LogP contribution is 2.13. The van der Waals surface area contributed by atoms with Crippen molar-refractivity contribution in [1.29, 1.82) is 0 Å².